The van der Waals surface area contributed by atoms with Gasteiger partial charge in [-0.25, -0.2) is 0 Å². The van der Waals surface area contributed by atoms with Crippen LogP contribution in [0.1, 0.15) is 11.1 Å². The number of ether oxygens (including phenoxy) is 1. The number of hydrogen-bond donors (Lipinski definition) is 1. The Labute approximate surface area is 88.3 Å². The van der Waals surface area contributed by atoms with Crippen molar-refractivity contribution >= 4 is 10.9 Å². The molecule has 0 aliphatic carbocycles. The molecule has 0 fully saturated rings. The van der Waals surface area contributed by atoms with Crippen LogP contribution in [0.2, 0.25) is 0 Å². The largest absolute Gasteiger partial charge is 0.495 e. The molecular formula is C12H12N2O. The van der Waals surface area contributed by atoms with E-state index in [1.54, 1.807) is 7.11 Å². The summed E-state index contributed by atoms with van der Waals surface area (Å²) in [4.78, 5) is 3.17. The van der Waals surface area contributed by atoms with Crippen LogP contribution in [0, 0.1) is 18.3 Å². The number of nitrogens with zero attached hydrogens (tertiary/aromatic N) is 1. The third kappa shape index (κ3) is 1.55. The predicted molar refractivity (Wildman–Crippen MR) is 58.9 cm³/mol. The van der Waals surface area contributed by atoms with Crippen molar-refractivity contribution in [1.82, 2.24) is 4.98 Å². The highest BCUT2D eigenvalue weighted by Gasteiger charge is 2.07. The Kier molecular flexibility index (Phi) is 2.34. The minimum absolute atomic E-state index is 0.414. The fourth-order valence-electron chi connectivity index (χ4n) is 1.74. The molecule has 0 saturated carbocycles. The summed E-state index contributed by atoms with van der Waals surface area (Å²) < 4.78 is 5.29. The molecule has 0 aliphatic heterocycles. The number of nitrogens with one attached hydrogen (secondary N) is 1. The van der Waals surface area contributed by atoms with Gasteiger partial charge >= 0.3 is 0 Å². The molecule has 3 heteroatoms. The Bertz CT molecular complexity index is 534. The summed E-state index contributed by atoms with van der Waals surface area (Å²) in [6.07, 6.45) is 2.36. The van der Waals surface area contributed by atoms with E-state index in [4.69, 9.17) is 10.00 Å². The minimum Gasteiger partial charge on any atom is -0.495 e. The van der Waals surface area contributed by atoms with E-state index >= 15 is 0 Å². The Hall–Kier alpha value is -1.95. The van der Waals surface area contributed by atoms with Crippen LogP contribution < -0.4 is 4.74 Å². The van der Waals surface area contributed by atoms with Crippen LogP contribution in [-0.4, -0.2) is 12.1 Å². The number of aromatic nitrogens is 1. The zero-order valence-electron chi connectivity index (χ0n) is 8.79. The molecule has 0 spiro atoms. The minimum atomic E-state index is 0.414. The number of hydrogen-bond acceptors (Lipinski definition) is 2. The summed E-state index contributed by atoms with van der Waals surface area (Å²) >= 11 is 0. The van der Waals surface area contributed by atoms with E-state index in [1.165, 1.54) is 5.56 Å². The highest BCUT2D eigenvalue weighted by atomic mass is 16.5. The van der Waals surface area contributed by atoms with Crippen molar-refractivity contribution in [2.24, 2.45) is 0 Å². The van der Waals surface area contributed by atoms with Gasteiger partial charge in [0.15, 0.2) is 0 Å². The summed E-state index contributed by atoms with van der Waals surface area (Å²) in [5, 5.41) is 9.80. The third-order valence-corrected chi connectivity index (χ3v) is 2.52. The Morgan fingerprint density at radius 2 is 2.27 bits per heavy atom. The molecule has 0 saturated heterocycles. The monoisotopic (exact) mass is 200 g/mol. The number of H-pyrrole nitrogens is 1. The van der Waals surface area contributed by atoms with Gasteiger partial charge in [-0.05, 0) is 30.2 Å². The summed E-state index contributed by atoms with van der Waals surface area (Å²) in [6, 6.07) is 6.08. The maximum atomic E-state index is 8.68. The summed E-state index contributed by atoms with van der Waals surface area (Å²) in [6.45, 7) is 2.04. The lowest BCUT2D eigenvalue weighted by molar-refractivity contribution is 0.418. The van der Waals surface area contributed by atoms with E-state index < -0.39 is 0 Å². The van der Waals surface area contributed by atoms with Crippen LogP contribution in [0.25, 0.3) is 10.9 Å². The van der Waals surface area contributed by atoms with Gasteiger partial charge < -0.3 is 9.72 Å². The lowest BCUT2D eigenvalue weighted by Crippen LogP contribution is -1.88. The first-order valence-corrected chi connectivity index (χ1v) is 4.78. The van der Waals surface area contributed by atoms with Gasteiger partial charge in [-0.2, -0.15) is 5.26 Å². The molecule has 2 aromatic rings. The molecule has 0 bridgehead atoms. The summed E-state index contributed by atoms with van der Waals surface area (Å²) in [7, 11) is 1.64. The van der Waals surface area contributed by atoms with Gasteiger partial charge in [0.25, 0.3) is 0 Å². The van der Waals surface area contributed by atoms with Crippen molar-refractivity contribution in [2.75, 3.05) is 7.11 Å². The zero-order valence-corrected chi connectivity index (χ0v) is 8.79. The summed E-state index contributed by atoms with van der Waals surface area (Å²) in [5.41, 5.74) is 3.16. The van der Waals surface area contributed by atoms with Gasteiger partial charge in [0, 0.05) is 11.6 Å². The smallest absolute Gasteiger partial charge is 0.143 e. The summed E-state index contributed by atoms with van der Waals surface area (Å²) in [5.74, 6) is 0.797. The first kappa shape index (κ1) is 9.60. The van der Waals surface area contributed by atoms with Crippen LogP contribution >= 0.6 is 0 Å². The van der Waals surface area contributed by atoms with Crippen LogP contribution in [0.4, 0.5) is 0 Å². The first-order valence-electron chi connectivity index (χ1n) is 4.78. The fraction of sp³-hybridized carbons (Fsp3) is 0.250. The highest BCUT2D eigenvalue weighted by Crippen LogP contribution is 2.28. The zero-order chi connectivity index (χ0) is 10.8. The van der Waals surface area contributed by atoms with Crippen molar-refractivity contribution in [1.29, 1.82) is 5.26 Å². The van der Waals surface area contributed by atoms with E-state index in [1.807, 2.05) is 25.3 Å². The molecule has 3 nitrogen and oxygen atoms in total. The number of benzene rings is 1. The number of aryl methyl sites for hydroxylation is 1. The van der Waals surface area contributed by atoms with E-state index in [-0.39, 0.29) is 0 Å². The van der Waals surface area contributed by atoms with Crippen molar-refractivity contribution in [3.8, 4) is 11.8 Å². The van der Waals surface area contributed by atoms with Crippen LogP contribution in [0.15, 0.2) is 18.3 Å². The number of methoxy groups -OCH3 is 1. The van der Waals surface area contributed by atoms with Gasteiger partial charge in [0.2, 0.25) is 0 Å². The third-order valence-electron chi connectivity index (χ3n) is 2.52. The number of nitriles is 1. The molecule has 0 unspecified atom stereocenters. The van der Waals surface area contributed by atoms with Gasteiger partial charge in [-0.3, -0.25) is 0 Å². The van der Waals surface area contributed by atoms with Crippen molar-refractivity contribution in [3.63, 3.8) is 0 Å². The Morgan fingerprint density at radius 3 is 2.93 bits per heavy atom. The number of aromatic amines is 1. The van der Waals surface area contributed by atoms with E-state index in [0.29, 0.717) is 6.42 Å². The van der Waals surface area contributed by atoms with Gasteiger partial charge in [-0.1, -0.05) is 0 Å². The van der Waals surface area contributed by atoms with Gasteiger partial charge in [-0.15, -0.1) is 0 Å². The number of fused-ring (bicyclic) bond motifs is 1. The molecular weight excluding hydrogens is 188 g/mol. The normalized spacial score (nSPS) is 10.2. The lowest BCUT2D eigenvalue weighted by atomic mass is 10.1. The first-order chi connectivity index (χ1) is 7.26. The quantitative estimate of drug-likeness (QED) is 0.809. The average molecular weight is 200 g/mol. The van der Waals surface area contributed by atoms with Gasteiger partial charge in [0.05, 0.1) is 25.1 Å². The molecule has 0 aliphatic rings. The Morgan fingerprint density at radius 1 is 1.47 bits per heavy atom. The van der Waals surface area contributed by atoms with Crippen molar-refractivity contribution in [3.05, 3.63) is 29.5 Å². The molecule has 0 atom stereocenters. The second-order valence-electron chi connectivity index (χ2n) is 3.53. The van der Waals surface area contributed by atoms with Crippen LogP contribution in [0.5, 0.6) is 5.75 Å². The average Bonchev–Trinajstić information content (AvgIpc) is 2.60. The van der Waals surface area contributed by atoms with Gasteiger partial charge in [0.1, 0.15) is 5.75 Å². The van der Waals surface area contributed by atoms with E-state index in [2.05, 4.69) is 11.1 Å². The molecule has 76 valence electrons. The van der Waals surface area contributed by atoms with Crippen LogP contribution in [0.3, 0.4) is 0 Å². The van der Waals surface area contributed by atoms with Crippen molar-refractivity contribution in [2.45, 2.75) is 13.3 Å². The molecule has 1 N–H and O–H groups in total. The standard InChI is InChI=1S/C12H12N2O/c1-8-7-14-12-10(8)5-9(3-4-13)6-11(12)15-2/h5-7,14H,3H2,1-2H3. The molecule has 0 radical (unpaired) electrons. The molecule has 1 aromatic heterocycles. The molecule has 15 heavy (non-hydrogen) atoms. The maximum absolute atomic E-state index is 8.68. The SMILES string of the molecule is COc1cc(CC#N)cc2c(C)c[nH]c12. The van der Waals surface area contributed by atoms with Crippen LogP contribution in [-0.2, 0) is 6.42 Å². The lowest BCUT2D eigenvalue weighted by Gasteiger charge is -2.04. The second-order valence-corrected chi connectivity index (χ2v) is 3.53. The van der Waals surface area contributed by atoms with E-state index in [0.717, 1.165) is 22.2 Å². The molecule has 1 aromatic carbocycles. The molecule has 0 amide bonds. The molecule has 1 heterocycles. The highest BCUT2D eigenvalue weighted by molar-refractivity contribution is 5.89. The molecule has 2 rings (SSSR count). The maximum Gasteiger partial charge on any atom is 0.143 e. The predicted octanol–water partition coefficient (Wildman–Crippen LogP) is 2.55. The van der Waals surface area contributed by atoms with Crippen molar-refractivity contribution < 1.29 is 4.74 Å². The number of rotatable bonds is 2. The Balaban J connectivity index is 2.69. The topological polar surface area (TPSA) is 48.8 Å². The second kappa shape index (κ2) is 3.66. The fourth-order valence-corrected chi connectivity index (χ4v) is 1.74. The van der Waals surface area contributed by atoms with E-state index in [9.17, 15) is 0 Å².